The van der Waals surface area contributed by atoms with Gasteiger partial charge in [-0.1, -0.05) is 41.4 Å². The highest BCUT2D eigenvalue weighted by Gasteiger charge is 2.26. The molecule has 0 aliphatic rings. The molecule has 0 N–H and O–H groups in total. The highest BCUT2D eigenvalue weighted by molar-refractivity contribution is 7.80. The molecule has 1 rings (SSSR count). The van der Waals surface area contributed by atoms with E-state index in [1.165, 1.54) is 6.07 Å². The maximum absolute atomic E-state index is 12.9. The van der Waals surface area contributed by atoms with Crippen LogP contribution in [0.3, 0.4) is 0 Å². The van der Waals surface area contributed by atoms with Gasteiger partial charge in [0.25, 0.3) is 4.59 Å². The molecule has 0 heterocycles. The molecular weight excluding hydrogens is 206 g/mol. The van der Waals surface area contributed by atoms with Crippen molar-refractivity contribution < 1.29 is 4.39 Å². The Labute approximate surface area is 79.7 Å². The van der Waals surface area contributed by atoms with E-state index in [9.17, 15) is 4.39 Å². The Bertz CT molecular complexity index is 257. The third-order valence-corrected chi connectivity index (χ3v) is 2.01. The van der Waals surface area contributed by atoms with Gasteiger partial charge in [0.05, 0.1) is 0 Å². The van der Waals surface area contributed by atoms with Crippen LogP contribution in [0.2, 0.25) is 0 Å². The lowest BCUT2D eigenvalue weighted by molar-refractivity contribution is 0.400. The quantitative estimate of drug-likeness (QED) is 0.533. The average molecular weight is 211 g/mol. The van der Waals surface area contributed by atoms with Crippen LogP contribution in [0.1, 0.15) is 5.56 Å². The zero-order chi connectivity index (χ0) is 8.48. The molecule has 4 heteroatoms. The predicted octanol–water partition coefficient (Wildman–Crippen LogP) is 3.53. The molecule has 0 bridgehead atoms. The van der Waals surface area contributed by atoms with Crippen molar-refractivity contribution in [1.29, 1.82) is 0 Å². The Morgan fingerprint density at radius 2 is 1.82 bits per heavy atom. The van der Waals surface area contributed by atoms with Crippen LogP contribution in [0.4, 0.5) is 4.39 Å². The van der Waals surface area contributed by atoms with Crippen molar-refractivity contribution in [3.05, 3.63) is 29.8 Å². The fraction of sp³-hybridized carbons (Fsp3) is 0.143. The number of thiol groups is 1. The first-order chi connectivity index (χ1) is 5.02. The fourth-order valence-corrected chi connectivity index (χ4v) is 1.49. The number of halogens is 3. The summed E-state index contributed by atoms with van der Waals surface area (Å²) >= 11 is 14.4. The predicted molar refractivity (Wildman–Crippen MR) is 48.2 cm³/mol. The lowest BCUT2D eigenvalue weighted by Gasteiger charge is -2.10. The van der Waals surface area contributed by atoms with Gasteiger partial charge in [0.2, 0.25) is 0 Å². The summed E-state index contributed by atoms with van der Waals surface area (Å²) in [7, 11) is 0. The Balaban J connectivity index is 3.14. The molecule has 0 aromatic heterocycles. The normalized spacial score (nSPS) is 11.6. The summed E-state index contributed by atoms with van der Waals surface area (Å²) in [5.41, 5.74) is 0.173. The number of hydrogen-bond donors (Lipinski definition) is 1. The second kappa shape index (κ2) is 3.21. The molecule has 0 fully saturated rings. The molecule has 0 atom stereocenters. The summed E-state index contributed by atoms with van der Waals surface area (Å²) < 4.78 is 10.5. The molecule has 60 valence electrons. The van der Waals surface area contributed by atoms with Crippen molar-refractivity contribution in [2.75, 3.05) is 0 Å². The smallest absolute Gasteiger partial charge is 0.202 e. The number of alkyl halides is 3. The van der Waals surface area contributed by atoms with Crippen molar-refractivity contribution in [2.45, 2.75) is 9.48 Å². The first-order valence-electron chi connectivity index (χ1n) is 2.87. The SMILES string of the molecule is FC(Cl)(Cl)c1ccccc1S. The van der Waals surface area contributed by atoms with E-state index in [4.69, 9.17) is 23.2 Å². The summed E-state index contributed by atoms with van der Waals surface area (Å²) in [6.45, 7) is 0. The van der Waals surface area contributed by atoms with Gasteiger partial charge in [0.15, 0.2) is 0 Å². The van der Waals surface area contributed by atoms with Gasteiger partial charge in [0, 0.05) is 10.5 Å². The molecule has 0 aliphatic carbocycles. The van der Waals surface area contributed by atoms with E-state index >= 15 is 0 Å². The zero-order valence-corrected chi connectivity index (χ0v) is 7.80. The van der Waals surface area contributed by atoms with Crippen LogP contribution >= 0.6 is 35.8 Å². The standard InChI is InChI=1S/C7H5Cl2FS/c8-7(9,10)5-3-1-2-4-6(5)11/h1-4,11H. The minimum atomic E-state index is -2.35. The van der Waals surface area contributed by atoms with Gasteiger partial charge in [-0.15, -0.1) is 12.6 Å². The second-order valence-corrected chi connectivity index (χ2v) is 3.73. The van der Waals surface area contributed by atoms with Gasteiger partial charge in [-0.05, 0) is 6.07 Å². The van der Waals surface area contributed by atoms with Gasteiger partial charge in [-0.2, -0.15) is 0 Å². The third-order valence-electron chi connectivity index (χ3n) is 1.21. The van der Waals surface area contributed by atoms with Crippen molar-refractivity contribution in [1.82, 2.24) is 0 Å². The lowest BCUT2D eigenvalue weighted by Crippen LogP contribution is -2.02. The molecule has 0 spiro atoms. The highest BCUT2D eigenvalue weighted by atomic mass is 35.5. The maximum atomic E-state index is 12.9. The average Bonchev–Trinajstić information content (AvgIpc) is 1.86. The first kappa shape index (κ1) is 9.17. The van der Waals surface area contributed by atoms with E-state index in [0.717, 1.165) is 0 Å². The zero-order valence-electron chi connectivity index (χ0n) is 5.39. The van der Waals surface area contributed by atoms with Crippen molar-refractivity contribution in [3.63, 3.8) is 0 Å². The third kappa shape index (κ3) is 2.26. The van der Waals surface area contributed by atoms with E-state index in [-0.39, 0.29) is 5.56 Å². The summed E-state index contributed by atoms with van der Waals surface area (Å²) in [6.07, 6.45) is 0. The van der Waals surface area contributed by atoms with Gasteiger partial charge in [-0.25, -0.2) is 4.39 Å². The van der Waals surface area contributed by atoms with Gasteiger partial charge >= 0.3 is 0 Å². The van der Waals surface area contributed by atoms with E-state index in [2.05, 4.69) is 12.6 Å². The monoisotopic (exact) mass is 210 g/mol. The first-order valence-corrected chi connectivity index (χ1v) is 4.07. The van der Waals surface area contributed by atoms with Crippen LogP contribution in [0.15, 0.2) is 29.2 Å². The van der Waals surface area contributed by atoms with E-state index < -0.39 is 4.59 Å². The molecule has 1 aromatic rings. The summed E-state index contributed by atoms with van der Waals surface area (Å²) in [4.78, 5) is 0.444. The van der Waals surface area contributed by atoms with Crippen LogP contribution in [-0.4, -0.2) is 0 Å². The van der Waals surface area contributed by atoms with Gasteiger partial charge < -0.3 is 0 Å². The van der Waals surface area contributed by atoms with E-state index in [1.807, 2.05) is 0 Å². The minimum Gasteiger partial charge on any atom is -0.202 e. The number of rotatable bonds is 1. The molecule has 0 amide bonds. The molecule has 0 nitrogen and oxygen atoms in total. The van der Waals surface area contributed by atoms with Crippen molar-refractivity contribution in [3.8, 4) is 0 Å². The molecule has 0 saturated carbocycles. The largest absolute Gasteiger partial charge is 0.284 e. The van der Waals surface area contributed by atoms with Crippen LogP contribution in [-0.2, 0) is 4.59 Å². The number of benzene rings is 1. The molecule has 1 aromatic carbocycles. The van der Waals surface area contributed by atoms with E-state index in [0.29, 0.717) is 4.90 Å². The Morgan fingerprint density at radius 1 is 1.27 bits per heavy atom. The fourth-order valence-electron chi connectivity index (χ4n) is 0.713. The van der Waals surface area contributed by atoms with Crippen LogP contribution in [0, 0.1) is 0 Å². The van der Waals surface area contributed by atoms with Crippen molar-refractivity contribution >= 4 is 35.8 Å². The molecule has 0 aliphatic heterocycles. The van der Waals surface area contributed by atoms with Crippen LogP contribution in [0.5, 0.6) is 0 Å². The van der Waals surface area contributed by atoms with E-state index in [1.54, 1.807) is 18.2 Å². The van der Waals surface area contributed by atoms with Gasteiger partial charge in [-0.3, -0.25) is 0 Å². The summed E-state index contributed by atoms with van der Waals surface area (Å²) in [5.74, 6) is 0. The molecule has 0 radical (unpaired) electrons. The Hall–Kier alpha value is 0.0800. The van der Waals surface area contributed by atoms with Crippen LogP contribution < -0.4 is 0 Å². The molecule has 0 saturated heterocycles. The molecule has 11 heavy (non-hydrogen) atoms. The highest BCUT2D eigenvalue weighted by Crippen LogP contribution is 2.38. The van der Waals surface area contributed by atoms with Crippen molar-refractivity contribution in [2.24, 2.45) is 0 Å². The molecular formula is C7H5Cl2FS. The number of hydrogen-bond acceptors (Lipinski definition) is 1. The van der Waals surface area contributed by atoms with Gasteiger partial charge in [0.1, 0.15) is 0 Å². The van der Waals surface area contributed by atoms with Crippen LogP contribution in [0.25, 0.3) is 0 Å². The Kier molecular flexibility index (Phi) is 2.68. The summed E-state index contributed by atoms with van der Waals surface area (Å²) in [5, 5.41) is 0. The second-order valence-electron chi connectivity index (χ2n) is 2.01. The lowest BCUT2D eigenvalue weighted by atomic mass is 10.2. The topological polar surface area (TPSA) is 0 Å². The Morgan fingerprint density at radius 3 is 2.18 bits per heavy atom. The minimum absolute atomic E-state index is 0.173. The summed E-state index contributed by atoms with van der Waals surface area (Å²) in [6, 6.07) is 6.49. The maximum Gasteiger partial charge on any atom is 0.284 e. The molecule has 0 unspecified atom stereocenters.